The van der Waals surface area contributed by atoms with Gasteiger partial charge in [-0.1, -0.05) is 30.3 Å². The van der Waals surface area contributed by atoms with Crippen LogP contribution in [0.2, 0.25) is 0 Å². The quantitative estimate of drug-likeness (QED) is 0.635. The molecule has 0 aliphatic heterocycles. The number of imide groups is 1. The van der Waals surface area contributed by atoms with Crippen LogP contribution in [0.4, 0.5) is 4.79 Å². The normalized spacial score (nSPS) is 11.1. The van der Waals surface area contributed by atoms with Crippen LogP contribution >= 0.6 is 0 Å². The fourth-order valence-corrected chi connectivity index (χ4v) is 2.58. The highest BCUT2D eigenvalue weighted by molar-refractivity contribution is 5.99. The van der Waals surface area contributed by atoms with E-state index >= 15 is 0 Å². The van der Waals surface area contributed by atoms with Crippen molar-refractivity contribution in [3.05, 3.63) is 53.6 Å². The second-order valence-electron chi connectivity index (χ2n) is 6.09. The number of esters is 1. The van der Waals surface area contributed by atoms with E-state index < -0.39 is 24.0 Å². The van der Waals surface area contributed by atoms with Crippen molar-refractivity contribution in [3.63, 3.8) is 0 Å². The van der Waals surface area contributed by atoms with Crippen molar-refractivity contribution < 1.29 is 33.3 Å². The Morgan fingerprint density at radius 1 is 0.900 bits per heavy atom. The number of urea groups is 1. The summed E-state index contributed by atoms with van der Waals surface area (Å²) in [6.45, 7) is 1.60. The summed E-state index contributed by atoms with van der Waals surface area (Å²) < 4.78 is 20.8. The van der Waals surface area contributed by atoms with Crippen LogP contribution in [-0.2, 0) is 16.1 Å². The molecule has 1 unspecified atom stereocenters. The van der Waals surface area contributed by atoms with E-state index in [9.17, 15) is 14.4 Å². The van der Waals surface area contributed by atoms with E-state index in [2.05, 4.69) is 10.6 Å². The van der Waals surface area contributed by atoms with Gasteiger partial charge >= 0.3 is 12.0 Å². The molecular formula is C21H24N2O7. The van der Waals surface area contributed by atoms with Crippen LogP contribution in [0, 0.1) is 0 Å². The van der Waals surface area contributed by atoms with Crippen molar-refractivity contribution in [2.45, 2.75) is 19.6 Å². The highest BCUT2D eigenvalue weighted by atomic mass is 16.6. The highest BCUT2D eigenvalue weighted by Gasteiger charge is 2.26. The number of hydrogen-bond acceptors (Lipinski definition) is 7. The monoisotopic (exact) mass is 416 g/mol. The van der Waals surface area contributed by atoms with E-state index in [1.165, 1.54) is 40.4 Å². The summed E-state index contributed by atoms with van der Waals surface area (Å²) in [5, 5.41) is 4.69. The summed E-state index contributed by atoms with van der Waals surface area (Å²) in [6, 6.07) is 11.5. The van der Waals surface area contributed by atoms with Crippen molar-refractivity contribution in [1.82, 2.24) is 10.6 Å². The van der Waals surface area contributed by atoms with Crippen molar-refractivity contribution in [2.24, 2.45) is 0 Å². The van der Waals surface area contributed by atoms with Crippen LogP contribution < -0.4 is 24.8 Å². The van der Waals surface area contributed by atoms with E-state index in [1.807, 2.05) is 30.3 Å². The molecule has 2 rings (SSSR count). The van der Waals surface area contributed by atoms with Crippen molar-refractivity contribution >= 4 is 17.9 Å². The molecule has 0 aliphatic carbocycles. The minimum atomic E-state index is -1.22. The first kappa shape index (κ1) is 22.5. The van der Waals surface area contributed by atoms with Crippen molar-refractivity contribution in [2.75, 3.05) is 21.3 Å². The Hall–Kier alpha value is -3.75. The number of carbonyl (C=O) groups is 3. The van der Waals surface area contributed by atoms with Crippen molar-refractivity contribution in [3.8, 4) is 17.2 Å². The molecule has 0 fully saturated rings. The predicted molar refractivity (Wildman–Crippen MR) is 108 cm³/mol. The van der Waals surface area contributed by atoms with E-state index in [0.717, 1.165) is 5.56 Å². The van der Waals surface area contributed by atoms with Gasteiger partial charge < -0.3 is 24.3 Å². The average molecular weight is 416 g/mol. The molecule has 1 atom stereocenters. The van der Waals surface area contributed by atoms with E-state index in [4.69, 9.17) is 18.9 Å². The molecule has 0 saturated carbocycles. The number of hydrogen-bond donors (Lipinski definition) is 2. The molecule has 2 aromatic carbocycles. The topological polar surface area (TPSA) is 112 Å². The average Bonchev–Trinajstić information content (AvgIpc) is 2.76. The first-order chi connectivity index (χ1) is 14.4. The fourth-order valence-electron chi connectivity index (χ4n) is 2.58. The predicted octanol–water partition coefficient (Wildman–Crippen LogP) is 2.28. The third-order valence-corrected chi connectivity index (χ3v) is 4.11. The van der Waals surface area contributed by atoms with Gasteiger partial charge in [-0.25, -0.2) is 9.59 Å². The molecule has 0 radical (unpaired) electrons. The minimum Gasteiger partial charge on any atom is -0.493 e. The van der Waals surface area contributed by atoms with Gasteiger partial charge in [-0.3, -0.25) is 10.1 Å². The minimum absolute atomic E-state index is 0.0447. The summed E-state index contributed by atoms with van der Waals surface area (Å²) in [6.07, 6.45) is -1.22. The molecule has 30 heavy (non-hydrogen) atoms. The number of amides is 3. The first-order valence-electron chi connectivity index (χ1n) is 9.03. The molecule has 9 nitrogen and oxygen atoms in total. The van der Waals surface area contributed by atoms with Gasteiger partial charge in [-0.2, -0.15) is 0 Å². The second kappa shape index (κ2) is 10.7. The number of ether oxygens (including phenoxy) is 4. The molecule has 0 aliphatic rings. The van der Waals surface area contributed by atoms with Crippen LogP contribution in [0.25, 0.3) is 0 Å². The Bertz CT molecular complexity index is 900. The fraction of sp³-hybridized carbons (Fsp3) is 0.286. The van der Waals surface area contributed by atoms with Gasteiger partial charge in [0.25, 0.3) is 5.91 Å². The number of benzene rings is 2. The largest absolute Gasteiger partial charge is 0.493 e. The van der Waals surface area contributed by atoms with Crippen molar-refractivity contribution in [1.29, 1.82) is 0 Å². The zero-order valence-electron chi connectivity index (χ0n) is 17.2. The molecule has 0 spiro atoms. The zero-order valence-corrected chi connectivity index (χ0v) is 17.2. The SMILES string of the molecule is COc1ccc(C(=O)OC(C)C(=O)NC(=O)NCc2ccccc2)c(OC)c1OC. The molecule has 0 saturated heterocycles. The Morgan fingerprint density at radius 2 is 1.57 bits per heavy atom. The lowest BCUT2D eigenvalue weighted by molar-refractivity contribution is -0.127. The summed E-state index contributed by atoms with van der Waals surface area (Å²) in [7, 11) is 4.21. The standard InChI is InChI=1S/C21H24N2O7/c1-13(19(24)23-21(26)22-12-14-8-6-5-7-9-14)30-20(25)15-10-11-16(27-2)18(29-4)17(15)28-3/h5-11,13H,12H2,1-4H3,(H2,22,23,24,26). The van der Waals surface area contributed by atoms with Crippen LogP contribution in [0.3, 0.4) is 0 Å². The third-order valence-electron chi connectivity index (χ3n) is 4.11. The Balaban J connectivity index is 1.98. The Labute approximate surface area is 174 Å². The summed E-state index contributed by atoms with van der Waals surface area (Å²) in [4.78, 5) is 36.6. The van der Waals surface area contributed by atoms with Gasteiger partial charge in [0.15, 0.2) is 17.6 Å². The van der Waals surface area contributed by atoms with Gasteiger partial charge in [-0.15, -0.1) is 0 Å². The van der Waals surface area contributed by atoms with Gasteiger partial charge in [0, 0.05) is 6.54 Å². The molecule has 9 heteroatoms. The maximum atomic E-state index is 12.5. The van der Waals surface area contributed by atoms with Gasteiger partial charge in [0.05, 0.1) is 21.3 Å². The number of methoxy groups -OCH3 is 3. The lowest BCUT2D eigenvalue weighted by Crippen LogP contribution is -2.44. The molecular weight excluding hydrogens is 392 g/mol. The third kappa shape index (κ3) is 5.63. The molecule has 0 bridgehead atoms. The summed E-state index contributed by atoms with van der Waals surface area (Å²) in [5.74, 6) is -0.901. The van der Waals surface area contributed by atoms with E-state index in [1.54, 1.807) is 0 Å². The molecule has 2 N–H and O–H groups in total. The molecule has 0 heterocycles. The second-order valence-corrected chi connectivity index (χ2v) is 6.09. The van der Waals surface area contributed by atoms with E-state index in [0.29, 0.717) is 5.75 Å². The van der Waals surface area contributed by atoms with Gasteiger partial charge in [-0.05, 0) is 24.6 Å². The molecule has 0 aromatic heterocycles. The molecule has 2 aromatic rings. The van der Waals surface area contributed by atoms with Crippen LogP contribution in [0.15, 0.2) is 42.5 Å². The van der Waals surface area contributed by atoms with Gasteiger partial charge in [0.2, 0.25) is 5.75 Å². The number of rotatable bonds is 8. The first-order valence-corrected chi connectivity index (χ1v) is 9.03. The number of carbonyl (C=O) groups excluding carboxylic acids is 3. The van der Waals surface area contributed by atoms with E-state index in [-0.39, 0.29) is 23.6 Å². The highest BCUT2D eigenvalue weighted by Crippen LogP contribution is 2.40. The molecule has 3 amide bonds. The lowest BCUT2D eigenvalue weighted by Gasteiger charge is -2.17. The van der Waals surface area contributed by atoms with Gasteiger partial charge in [0.1, 0.15) is 5.56 Å². The molecule has 160 valence electrons. The summed E-state index contributed by atoms with van der Waals surface area (Å²) in [5.41, 5.74) is 0.920. The lowest BCUT2D eigenvalue weighted by atomic mass is 10.1. The van der Waals surface area contributed by atoms with Crippen LogP contribution in [0.1, 0.15) is 22.8 Å². The Morgan fingerprint density at radius 3 is 2.17 bits per heavy atom. The smallest absolute Gasteiger partial charge is 0.342 e. The summed E-state index contributed by atoms with van der Waals surface area (Å²) >= 11 is 0. The Kier molecular flexibility index (Phi) is 8.04. The maximum Gasteiger partial charge on any atom is 0.342 e. The number of nitrogens with one attached hydrogen (secondary N) is 2. The van der Waals surface area contributed by atoms with Crippen LogP contribution in [0.5, 0.6) is 17.2 Å². The zero-order chi connectivity index (χ0) is 22.1. The maximum absolute atomic E-state index is 12.5. The van der Waals surface area contributed by atoms with Crippen LogP contribution in [-0.4, -0.2) is 45.3 Å².